The molecule has 0 heterocycles. The number of hydrogen-bond donors (Lipinski definition) is 2. The maximum Gasteiger partial charge on any atom is 0.306 e. The van der Waals surface area contributed by atoms with Crippen molar-refractivity contribution in [2.75, 3.05) is 24.4 Å². The van der Waals surface area contributed by atoms with E-state index in [2.05, 4.69) is 10.6 Å². The topological polar surface area (TPSA) is 93.7 Å². The average Bonchev–Trinajstić information content (AvgIpc) is 2.68. The summed E-state index contributed by atoms with van der Waals surface area (Å²) in [6.07, 6.45) is 0.422. The van der Waals surface area contributed by atoms with E-state index in [1.165, 1.54) is 7.11 Å². The van der Waals surface area contributed by atoms with Crippen molar-refractivity contribution in [3.8, 4) is 5.75 Å². The van der Waals surface area contributed by atoms with Gasteiger partial charge in [-0.3, -0.25) is 14.4 Å². The number of amides is 2. The zero-order valence-corrected chi connectivity index (χ0v) is 17.0. The third kappa shape index (κ3) is 7.83. The van der Waals surface area contributed by atoms with Gasteiger partial charge in [0.2, 0.25) is 5.91 Å². The van der Waals surface area contributed by atoms with Crippen LogP contribution >= 0.6 is 11.6 Å². The molecule has 2 aromatic carbocycles. The van der Waals surface area contributed by atoms with Gasteiger partial charge in [-0.25, -0.2) is 0 Å². The summed E-state index contributed by atoms with van der Waals surface area (Å²) in [5.41, 5.74) is 2.16. The van der Waals surface area contributed by atoms with Crippen molar-refractivity contribution in [1.29, 1.82) is 0 Å². The van der Waals surface area contributed by atoms with Crippen LogP contribution in [0.3, 0.4) is 0 Å². The van der Waals surface area contributed by atoms with Crippen LogP contribution in [0.15, 0.2) is 42.5 Å². The van der Waals surface area contributed by atoms with Crippen molar-refractivity contribution < 1.29 is 23.9 Å². The average molecular weight is 419 g/mol. The Morgan fingerprint density at radius 1 is 0.966 bits per heavy atom. The molecule has 0 atom stereocenters. The van der Waals surface area contributed by atoms with Crippen molar-refractivity contribution in [3.63, 3.8) is 0 Å². The van der Waals surface area contributed by atoms with Gasteiger partial charge in [-0.1, -0.05) is 29.3 Å². The molecule has 29 heavy (non-hydrogen) atoms. The SMILES string of the molecule is COc1ccc(Cl)cc1NC(=O)CCCC(=O)OCC(=O)Nc1ccc(C)cc1. The van der Waals surface area contributed by atoms with Crippen molar-refractivity contribution in [3.05, 3.63) is 53.1 Å². The van der Waals surface area contributed by atoms with Crippen LogP contribution < -0.4 is 15.4 Å². The minimum absolute atomic E-state index is 0.0257. The van der Waals surface area contributed by atoms with Gasteiger partial charge < -0.3 is 20.1 Å². The van der Waals surface area contributed by atoms with Gasteiger partial charge in [0.25, 0.3) is 5.91 Å². The number of anilines is 2. The molecule has 0 aliphatic rings. The number of nitrogens with one attached hydrogen (secondary N) is 2. The molecule has 0 spiro atoms. The summed E-state index contributed by atoms with van der Waals surface area (Å²) in [5.74, 6) is -0.762. The van der Waals surface area contributed by atoms with Crippen LogP contribution in [0.4, 0.5) is 11.4 Å². The van der Waals surface area contributed by atoms with Crippen molar-refractivity contribution in [2.45, 2.75) is 26.2 Å². The second-order valence-corrected chi connectivity index (χ2v) is 6.76. The molecule has 0 bridgehead atoms. The zero-order chi connectivity index (χ0) is 21.2. The number of ether oxygens (including phenoxy) is 2. The maximum atomic E-state index is 12.0. The Labute approximate surface area is 174 Å². The summed E-state index contributed by atoms with van der Waals surface area (Å²) >= 11 is 5.92. The van der Waals surface area contributed by atoms with Crippen LogP contribution in [0.1, 0.15) is 24.8 Å². The van der Waals surface area contributed by atoms with Crippen molar-refractivity contribution in [1.82, 2.24) is 0 Å². The molecule has 8 heteroatoms. The van der Waals surface area contributed by atoms with E-state index in [1.54, 1.807) is 30.3 Å². The van der Waals surface area contributed by atoms with E-state index >= 15 is 0 Å². The Morgan fingerprint density at radius 3 is 2.38 bits per heavy atom. The highest BCUT2D eigenvalue weighted by Crippen LogP contribution is 2.27. The fourth-order valence-electron chi connectivity index (χ4n) is 2.44. The number of carbonyl (C=O) groups is 3. The highest BCUT2D eigenvalue weighted by molar-refractivity contribution is 6.31. The first-order valence-corrected chi connectivity index (χ1v) is 9.40. The van der Waals surface area contributed by atoms with Gasteiger partial charge in [-0.05, 0) is 43.7 Å². The van der Waals surface area contributed by atoms with Crippen LogP contribution in [-0.4, -0.2) is 31.5 Å². The minimum Gasteiger partial charge on any atom is -0.495 e. The normalized spacial score (nSPS) is 10.2. The second kappa shape index (κ2) is 11.1. The molecular weight excluding hydrogens is 396 g/mol. The van der Waals surface area contributed by atoms with E-state index in [-0.39, 0.29) is 31.8 Å². The molecule has 0 saturated heterocycles. The number of hydrogen-bond acceptors (Lipinski definition) is 5. The summed E-state index contributed by atoms with van der Waals surface area (Å²) in [5, 5.41) is 5.80. The highest BCUT2D eigenvalue weighted by Gasteiger charge is 2.11. The Bertz CT molecular complexity index is 868. The van der Waals surface area contributed by atoms with Crippen LogP contribution in [0.25, 0.3) is 0 Å². The molecular formula is C21H23ClN2O5. The molecule has 2 amide bonds. The van der Waals surface area contributed by atoms with Gasteiger partial charge in [0, 0.05) is 23.6 Å². The third-order valence-electron chi connectivity index (χ3n) is 3.92. The molecule has 0 fully saturated rings. The quantitative estimate of drug-likeness (QED) is 0.601. The van der Waals surface area contributed by atoms with E-state index in [1.807, 2.05) is 19.1 Å². The van der Waals surface area contributed by atoms with E-state index in [9.17, 15) is 14.4 Å². The lowest BCUT2D eigenvalue weighted by atomic mass is 10.2. The van der Waals surface area contributed by atoms with E-state index in [0.29, 0.717) is 22.1 Å². The van der Waals surface area contributed by atoms with Gasteiger partial charge in [0.05, 0.1) is 12.8 Å². The lowest BCUT2D eigenvalue weighted by Gasteiger charge is -2.10. The Hall–Kier alpha value is -3.06. The van der Waals surface area contributed by atoms with Gasteiger partial charge in [-0.2, -0.15) is 0 Å². The van der Waals surface area contributed by atoms with Crippen molar-refractivity contribution in [2.24, 2.45) is 0 Å². The number of rotatable bonds is 9. The molecule has 2 N–H and O–H groups in total. The van der Waals surface area contributed by atoms with Gasteiger partial charge in [0.1, 0.15) is 5.75 Å². The molecule has 0 aromatic heterocycles. The van der Waals surface area contributed by atoms with Crippen LogP contribution in [0.2, 0.25) is 5.02 Å². The highest BCUT2D eigenvalue weighted by atomic mass is 35.5. The lowest BCUT2D eigenvalue weighted by Crippen LogP contribution is -2.21. The van der Waals surface area contributed by atoms with Crippen molar-refractivity contribution >= 4 is 40.8 Å². The summed E-state index contributed by atoms with van der Waals surface area (Å²) in [4.78, 5) is 35.6. The molecule has 0 unspecified atom stereocenters. The molecule has 7 nitrogen and oxygen atoms in total. The van der Waals surface area contributed by atoms with Crippen LogP contribution in [-0.2, 0) is 19.1 Å². The molecule has 0 radical (unpaired) electrons. The van der Waals surface area contributed by atoms with Gasteiger partial charge >= 0.3 is 5.97 Å². The van der Waals surface area contributed by atoms with Crippen LogP contribution in [0, 0.1) is 6.92 Å². The third-order valence-corrected chi connectivity index (χ3v) is 4.16. The smallest absolute Gasteiger partial charge is 0.306 e. The zero-order valence-electron chi connectivity index (χ0n) is 16.3. The molecule has 0 aliphatic carbocycles. The number of halogens is 1. The largest absolute Gasteiger partial charge is 0.495 e. The number of methoxy groups -OCH3 is 1. The molecule has 0 saturated carbocycles. The Kier molecular flexibility index (Phi) is 8.48. The molecule has 2 aromatic rings. The Balaban J connectivity index is 1.67. The first kappa shape index (κ1) is 22.2. The van der Waals surface area contributed by atoms with Gasteiger partial charge in [0.15, 0.2) is 6.61 Å². The predicted molar refractivity (Wildman–Crippen MR) is 111 cm³/mol. The number of carbonyl (C=O) groups excluding carboxylic acids is 3. The summed E-state index contributed by atoms with van der Waals surface area (Å²) < 4.78 is 10.1. The monoisotopic (exact) mass is 418 g/mol. The Morgan fingerprint density at radius 2 is 1.69 bits per heavy atom. The standard InChI is InChI=1S/C21H23ClN2O5/c1-14-6-9-16(10-7-14)23-20(26)13-29-21(27)5-3-4-19(25)24-17-12-15(22)8-11-18(17)28-2/h6-12H,3-5,13H2,1-2H3,(H,23,26)(H,24,25). The van der Waals surface area contributed by atoms with E-state index in [4.69, 9.17) is 21.1 Å². The predicted octanol–water partition coefficient (Wildman–Crippen LogP) is 3.95. The van der Waals surface area contributed by atoms with E-state index in [0.717, 1.165) is 5.56 Å². The first-order chi connectivity index (χ1) is 13.9. The van der Waals surface area contributed by atoms with Crippen LogP contribution in [0.5, 0.6) is 5.75 Å². The summed E-state index contributed by atoms with van der Waals surface area (Å²) in [7, 11) is 1.49. The number of aryl methyl sites for hydroxylation is 1. The fraction of sp³-hybridized carbons (Fsp3) is 0.286. The summed E-state index contributed by atoms with van der Waals surface area (Å²) in [6.45, 7) is 1.57. The lowest BCUT2D eigenvalue weighted by molar-refractivity contribution is -0.147. The fourth-order valence-corrected chi connectivity index (χ4v) is 2.61. The second-order valence-electron chi connectivity index (χ2n) is 6.32. The van der Waals surface area contributed by atoms with E-state index < -0.39 is 11.9 Å². The molecule has 0 aliphatic heterocycles. The number of esters is 1. The number of benzene rings is 2. The minimum atomic E-state index is -0.544. The summed E-state index contributed by atoms with van der Waals surface area (Å²) in [6, 6.07) is 12.2. The van der Waals surface area contributed by atoms with Gasteiger partial charge in [-0.15, -0.1) is 0 Å². The first-order valence-electron chi connectivity index (χ1n) is 9.03. The molecule has 2 rings (SSSR count). The maximum absolute atomic E-state index is 12.0. The molecule has 154 valence electrons.